The molecule has 29 heteroatoms. The van der Waals surface area contributed by atoms with Crippen LogP contribution < -0.4 is 32.7 Å². The van der Waals surface area contributed by atoms with Crippen molar-refractivity contribution < 1.29 is 78.6 Å². The number of nitrogens with two attached hydrogens (primary N) is 2. The second-order valence-corrected chi connectivity index (χ2v) is 15.3. The number of rotatable bonds is 15. The van der Waals surface area contributed by atoms with E-state index < -0.39 is 102 Å². The van der Waals surface area contributed by atoms with Crippen LogP contribution in [0.3, 0.4) is 0 Å². The number of carbonyl (C=O) groups excluding carboxylic acids is 9. The molecule has 0 aliphatic carbocycles. The minimum absolute atomic E-state index is 0. The summed E-state index contributed by atoms with van der Waals surface area (Å²) in [6, 6.07) is -5.71. The van der Waals surface area contributed by atoms with Crippen molar-refractivity contribution in [2.75, 3.05) is 20.1 Å². The van der Waals surface area contributed by atoms with Gasteiger partial charge in [0.1, 0.15) is 36.3 Å². The van der Waals surface area contributed by atoms with Crippen molar-refractivity contribution in [2.24, 2.45) is 11.5 Å². The molecule has 4 aliphatic rings. The average molecular weight is 936 g/mol. The molecule has 0 radical (unpaired) electrons. The molecule has 6 rings (SSSR count). The predicted octanol–water partition coefficient (Wildman–Crippen LogP) is -6.90. The maximum atomic E-state index is 13.1. The molecule has 0 saturated carbocycles. The summed E-state index contributed by atoms with van der Waals surface area (Å²) >= 11 is 0. The van der Waals surface area contributed by atoms with E-state index in [0.29, 0.717) is 56.6 Å². The molecule has 0 bridgehead atoms. The second kappa shape index (κ2) is 24.0. The molecule has 8 atom stereocenters. The van der Waals surface area contributed by atoms with E-state index in [4.69, 9.17) is 31.9 Å². The third-order valence-electron chi connectivity index (χ3n) is 10.7. The highest BCUT2D eigenvalue weighted by Crippen LogP contribution is 2.21. The number of imidazole rings is 2. The zero-order valence-corrected chi connectivity index (χ0v) is 35.4. The van der Waals surface area contributed by atoms with Gasteiger partial charge in [-0.25, -0.2) is 24.4 Å². The molecular weight excluding hydrogens is 882 g/mol. The highest BCUT2D eigenvalue weighted by molar-refractivity contribution is 6.03. The third-order valence-corrected chi connectivity index (χ3v) is 10.7. The van der Waals surface area contributed by atoms with Crippen LogP contribution in [-0.2, 0) is 60.8 Å². The van der Waals surface area contributed by atoms with Crippen LogP contribution in [0.1, 0.15) is 56.3 Å². The van der Waals surface area contributed by atoms with Gasteiger partial charge in [0.15, 0.2) is 12.2 Å². The number of aliphatic carboxylic acids is 2. The number of carbonyl (C=O) groups is 11. The SMILES string of the molecule is CN1C(=O)C[C@H](C(=O)N[C@H](Cc2cnc[nH]2)C(=O)N2CCC[C@@H]2C(N)=O)NC1=O.NC(=O)[C@H]1CCCN1C(=O)[C@@H](Cc1cnc[nH]1)NC(=O)[C@@H]1CCC(=O)N1.O.O=C(O)C(O)C(O)C(=O)O. The van der Waals surface area contributed by atoms with Crippen molar-refractivity contribution >= 4 is 65.2 Å². The number of aliphatic hydroxyl groups excluding tert-OH is 2. The normalized spacial score (nSPS) is 21.7. The first kappa shape index (κ1) is 52.8. The zero-order valence-electron chi connectivity index (χ0n) is 35.4. The van der Waals surface area contributed by atoms with Crippen LogP contribution in [0.2, 0.25) is 0 Å². The van der Waals surface area contributed by atoms with Crippen molar-refractivity contribution in [2.45, 2.75) is 106 Å². The number of urea groups is 1. The fraction of sp³-hybridized carbons (Fsp3) is 0.541. The molecule has 10 amide bonds. The molecule has 2 unspecified atom stereocenters. The summed E-state index contributed by atoms with van der Waals surface area (Å²) in [5, 5.41) is 42.9. The standard InChI is InChI=1S/C17H23N7O5.C16H22N6O4.C4H6O6.H2O/c1-23-13(25)6-10(22-17(23)29)15(27)21-11(5-9-7-19-8-20-9)16(28)24-4-2-3-12(24)14(18)26;17-14(24)12-2-1-5-22(12)16(26)11(6-9-7-18-8-19-9)21-15(25)10-3-4-13(23)20-10;5-1(3(7)8)2(6)4(9)10;/h7-8,10-12H,2-6H2,1H3,(H2,18,26)(H,19,20)(H,21,27)(H,22,29);7-8,10-12H,1-6H2,(H2,17,24)(H,18,19)(H,20,23)(H,21,25);1-2,5-6H,(H,7,8)(H,9,10);1H2/t10-,11-,12-;10-,11+,12+;;/m10../s1. The summed E-state index contributed by atoms with van der Waals surface area (Å²) < 4.78 is 0. The summed E-state index contributed by atoms with van der Waals surface area (Å²) in [5.41, 5.74) is 12.1. The molecular formula is C37H53N13O16. The molecule has 0 spiro atoms. The molecule has 0 aromatic carbocycles. The Morgan fingerprint density at radius 3 is 1.52 bits per heavy atom. The number of aromatic nitrogens is 4. The van der Waals surface area contributed by atoms with Crippen LogP contribution in [0.15, 0.2) is 25.0 Å². The maximum Gasteiger partial charge on any atom is 0.335 e. The lowest BCUT2D eigenvalue weighted by Crippen LogP contribution is -2.61. The van der Waals surface area contributed by atoms with Gasteiger partial charge < -0.3 is 78.4 Å². The first-order valence-corrected chi connectivity index (χ1v) is 20.1. The van der Waals surface area contributed by atoms with Gasteiger partial charge in [0.25, 0.3) is 0 Å². The van der Waals surface area contributed by atoms with Gasteiger partial charge in [-0.1, -0.05) is 0 Å². The largest absolute Gasteiger partial charge is 0.479 e. The van der Waals surface area contributed by atoms with Crippen molar-refractivity contribution in [1.82, 2.24) is 55.9 Å². The van der Waals surface area contributed by atoms with E-state index in [-0.39, 0.29) is 43.0 Å². The lowest BCUT2D eigenvalue weighted by molar-refractivity contribution is -0.165. The van der Waals surface area contributed by atoms with E-state index in [1.165, 1.54) is 35.7 Å². The third kappa shape index (κ3) is 14.0. The molecule has 2 aromatic heterocycles. The lowest BCUT2D eigenvalue weighted by atomic mass is 10.1. The van der Waals surface area contributed by atoms with Gasteiger partial charge in [-0.3, -0.25) is 43.3 Å². The van der Waals surface area contributed by atoms with Gasteiger partial charge in [-0.15, -0.1) is 0 Å². The van der Waals surface area contributed by atoms with Crippen LogP contribution in [0.5, 0.6) is 0 Å². The first-order chi connectivity index (χ1) is 30.7. The van der Waals surface area contributed by atoms with Crippen molar-refractivity contribution in [1.29, 1.82) is 0 Å². The summed E-state index contributed by atoms with van der Waals surface area (Å²) in [6.07, 6.45) is 4.53. The Bertz CT molecular complexity index is 2070. The molecule has 66 heavy (non-hydrogen) atoms. The smallest absolute Gasteiger partial charge is 0.335 e. The molecule has 2 aromatic rings. The molecule has 4 aliphatic heterocycles. The number of hydrogen-bond donors (Lipinski definition) is 12. The number of nitrogens with one attached hydrogen (secondary N) is 6. The molecule has 16 N–H and O–H groups in total. The van der Waals surface area contributed by atoms with E-state index in [1.54, 1.807) is 6.20 Å². The highest BCUT2D eigenvalue weighted by atomic mass is 16.4. The van der Waals surface area contributed by atoms with Crippen LogP contribution in [-0.4, -0.2) is 194 Å². The molecule has 362 valence electrons. The van der Waals surface area contributed by atoms with E-state index in [1.807, 2.05) is 0 Å². The number of aliphatic hydroxyl groups is 2. The van der Waals surface area contributed by atoms with Crippen LogP contribution >= 0.6 is 0 Å². The quantitative estimate of drug-likeness (QED) is 0.0789. The average Bonchev–Trinajstić information content (AvgIpc) is 4.12. The fourth-order valence-electron chi connectivity index (χ4n) is 7.19. The van der Waals surface area contributed by atoms with E-state index >= 15 is 0 Å². The number of carboxylic acids is 2. The van der Waals surface area contributed by atoms with E-state index in [0.717, 1.165) is 4.90 Å². The number of hydrogen-bond acceptors (Lipinski definition) is 15. The number of primary amides is 2. The van der Waals surface area contributed by atoms with E-state index in [9.17, 15) is 52.7 Å². The number of carboxylic acid groups (broad SMARTS) is 2. The highest BCUT2D eigenvalue weighted by Gasteiger charge is 2.41. The van der Waals surface area contributed by atoms with Gasteiger partial charge in [0.05, 0.1) is 19.1 Å². The number of nitrogens with zero attached hydrogens (tertiary/aromatic N) is 5. The monoisotopic (exact) mass is 935 g/mol. The number of H-pyrrole nitrogens is 2. The lowest BCUT2D eigenvalue weighted by Gasteiger charge is -2.31. The van der Waals surface area contributed by atoms with Crippen LogP contribution in [0, 0.1) is 0 Å². The van der Waals surface area contributed by atoms with E-state index in [2.05, 4.69) is 41.2 Å². The van der Waals surface area contributed by atoms with Crippen molar-refractivity contribution in [3.05, 3.63) is 36.4 Å². The number of amides is 10. The molecule has 4 saturated heterocycles. The van der Waals surface area contributed by atoms with Gasteiger partial charge in [0.2, 0.25) is 47.3 Å². The summed E-state index contributed by atoms with van der Waals surface area (Å²) in [6.45, 7) is 0.771. The number of aromatic amines is 2. The Morgan fingerprint density at radius 2 is 1.17 bits per heavy atom. The summed E-state index contributed by atoms with van der Waals surface area (Å²) in [5.74, 6) is -7.27. The maximum absolute atomic E-state index is 13.1. The topological polar surface area (TPSA) is 467 Å². The predicted molar refractivity (Wildman–Crippen MR) is 218 cm³/mol. The molecule has 4 fully saturated rings. The Hall–Kier alpha value is -7.53. The summed E-state index contributed by atoms with van der Waals surface area (Å²) in [4.78, 5) is 146. The van der Waals surface area contributed by atoms with Crippen molar-refractivity contribution in [3.63, 3.8) is 0 Å². The van der Waals surface area contributed by atoms with Gasteiger partial charge in [0, 0.05) is 63.2 Å². The van der Waals surface area contributed by atoms with Crippen LogP contribution in [0.4, 0.5) is 4.79 Å². The Morgan fingerprint density at radius 1 is 0.727 bits per heavy atom. The molecule has 6 heterocycles. The van der Waals surface area contributed by atoms with Crippen molar-refractivity contribution in [3.8, 4) is 0 Å². The van der Waals surface area contributed by atoms with Crippen LogP contribution in [0.25, 0.3) is 0 Å². The van der Waals surface area contributed by atoms with Gasteiger partial charge in [-0.2, -0.15) is 0 Å². The van der Waals surface area contributed by atoms with Gasteiger partial charge in [-0.05, 0) is 32.1 Å². The minimum atomic E-state index is -2.27. The zero-order chi connectivity index (χ0) is 48.1. The number of likely N-dealkylation sites (tertiary alicyclic amines) is 2. The summed E-state index contributed by atoms with van der Waals surface area (Å²) in [7, 11) is 1.31. The minimum Gasteiger partial charge on any atom is -0.479 e. The first-order valence-electron chi connectivity index (χ1n) is 20.1. The number of imide groups is 1. The Balaban J connectivity index is 0.000000289. The Labute approximate surface area is 373 Å². The second-order valence-electron chi connectivity index (χ2n) is 15.3. The Kier molecular flexibility index (Phi) is 19.2. The fourth-order valence-corrected chi connectivity index (χ4v) is 7.19. The van der Waals surface area contributed by atoms with Gasteiger partial charge >= 0.3 is 18.0 Å². The molecule has 29 nitrogen and oxygen atoms in total.